The zero-order valence-electron chi connectivity index (χ0n) is 17.3. The summed E-state index contributed by atoms with van der Waals surface area (Å²) in [6.07, 6.45) is 9.00. The Kier molecular flexibility index (Phi) is 4.91. The van der Waals surface area contributed by atoms with E-state index in [1.807, 2.05) is 85.9 Å². The number of carbonyl (C=O) groups excluding carboxylic acids is 2. The topological polar surface area (TPSA) is 88.7 Å². The van der Waals surface area contributed by atoms with E-state index in [0.29, 0.717) is 16.9 Å². The molecular formula is C25H19N5O2. The third-order valence-electron chi connectivity index (χ3n) is 5.46. The van der Waals surface area contributed by atoms with Crippen LogP contribution in [0, 0.1) is 5.92 Å². The Morgan fingerprint density at radius 3 is 2.53 bits per heavy atom. The molecule has 2 amide bonds. The summed E-state index contributed by atoms with van der Waals surface area (Å²) in [7, 11) is 1.81. The highest BCUT2D eigenvalue weighted by Crippen LogP contribution is 2.34. The Labute approximate surface area is 184 Å². The van der Waals surface area contributed by atoms with E-state index in [2.05, 4.69) is 20.6 Å². The molecule has 1 aromatic heterocycles. The number of amides is 2. The van der Waals surface area contributed by atoms with Gasteiger partial charge in [0.05, 0.1) is 29.1 Å². The van der Waals surface area contributed by atoms with Crippen LogP contribution in [0.5, 0.6) is 0 Å². The molecule has 5 rings (SSSR count). The van der Waals surface area contributed by atoms with Gasteiger partial charge in [0, 0.05) is 23.9 Å². The van der Waals surface area contributed by atoms with E-state index in [1.54, 1.807) is 10.9 Å². The maximum atomic E-state index is 13.0. The average Bonchev–Trinajstić information content (AvgIpc) is 3.22. The SMILES string of the molecule is Cn1ncc(C(=O)Nc2ccc(C3=C4C=CC=CC4C(=O)N=N3)cc2)c1-c1ccccc1. The highest BCUT2D eigenvalue weighted by molar-refractivity contribution is 6.08. The highest BCUT2D eigenvalue weighted by Gasteiger charge is 2.27. The Hall–Kier alpha value is -4.39. The Morgan fingerprint density at radius 2 is 1.75 bits per heavy atom. The first-order chi connectivity index (χ1) is 15.6. The summed E-state index contributed by atoms with van der Waals surface area (Å²) in [6, 6.07) is 17.0. The van der Waals surface area contributed by atoms with Crippen molar-refractivity contribution in [3.63, 3.8) is 0 Å². The Morgan fingerprint density at radius 1 is 0.969 bits per heavy atom. The van der Waals surface area contributed by atoms with Crippen LogP contribution in [0.15, 0.2) is 101 Å². The molecule has 0 spiro atoms. The summed E-state index contributed by atoms with van der Waals surface area (Å²) < 4.78 is 1.69. The van der Waals surface area contributed by atoms with Gasteiger partial charge in [0.1, 0.15) is 0 Å². The molecule has 7 nitrogen and oxygen atoms in total. The van der Waals surface area contributed by atoms with Gasteiger partial charge in [0.2, 0.25) is 0 Å². The lowest BCUT2D eigenvalue weighted by Gasteiger charge is -2.19. The molecular weight excluding hydrogens is 402 g/mol. The number of rotatable bonds is 4. The van der Waals surface area contributed by atoms with Gasteiger partial charge in [-0.05, 0) is 17.7 Å². The van der Waals surface area contributed by atoms with E-state index in [4.69, 9.17) is 0 Å². The lowest BCUT2D eigenvalue weighted by molar-refractivity contribution is -0.119. The van der Waals surface area contributed by atoms with E-state index in [-0.39, 0.29) is 11.8 Å². The minimum atomic E-state index is -0.395. The molecule has 1 N–H and O–H groups in total. The van der Waals surface area contributed by atoms with Crippen LogP contribution >= 0.6 is 0 Å². The van der Waals surface area contributed by atoms with E-state index in [1.165, 1.54) is 0 Å². The van der Waals surface area contributed by atoms with E-state index >= 15 is 0 Å². The van der Waals surface area contributed by atoms with Crippen molar-refractivity contribution in [2.75, 3.05) is 5.32 Å². The molecule has 0 saturated heterocycles. The van der Waals surface area contributed by atoms with Gasteiger partial charge in [0.15, 0.2) is 0 Å². The first-order valence-electron chi connectivity index (χ1n) is 10.2. The second kappa shape index (κ2) is 8.03. The van der Waals surface area contributed by atoms with Gasteiger partial charge in [-0.25, -0.2) is 0 Å². The lowest BCUT2D eigenvalue weighted by Crippen LogP contribution is -2.17. The number of aryl methyl sites for hydroxylation is 1. The molecule has 7 heteroatoms. The van der Waals surface area contributed by atoms with Crippen molar-refractivity contribution in [2.24, 2.45) is 23.2 Å². The molecule has 1 unspecified atom stereocenters. The minimum absolute atomic E-state index is 0.241. The third kappa shape index (κ3) is 3.50. The van der Waals surface area contributed by atoms with Gasteiger partial charge in [-0.1, -0.05) is 66.8 Å². The number of hydrogen-bond acceptors (Lipinski definition) is 4. The van der Waals surface area contributed by atoms with Crippen molar-refractivity contribution in [3.05, 3.63) is 102 Å². The number of nitrogens with one attached hydrogen (secondary N) is 1. The van der Waals surface area contributed by atoms with Crippen LogP contribution in [0.1, 0.15) is 15.9 Å². The monoisotopic (exact) mass is 421 g/mol. The molecule has 2 aromatic carbocycles. The van der Waals surface area contributed by atoms with Crippen LogP contribution in [-0.2, 0) is 11.8 Å². The summed E-state index contributed by atoms with van der Waals surface area (Å²) in [5, 5.41) is 15.1. The minimum Gasteiger partial charge on any atom is -0.322 e. The Bertz CT molecular complexity index is 1330. The van der Waals surface area contributed by atoms with Crippen molar-refractivity contribution in [2.45, 2.75) is 0 Å². The van der Waals surface area contributed by atoms with Crippen LogP contribution in [0.4, 0.5) is 5.69 Å². The average molecular weight is 421 g/mol. The van der Waals surface area contributed by atoms with Gasteiger partial charge in [-0.2, -0.15) is 5.10 Å². The number of azo groups is 1. The molecule has 0 saturated carbocycles. The fourth-order valence-corrected chi connectivity index (χ4v) is 3.88. The molecule has 1 atom stereocenters. The zero-order chi connectivity index (χ0) is 22.1. The summed E-state index contributed by atoms with van der Waals surface area (Å²) in [5.74, 6) is -0.900. The maximum absolute atomic E-state index is 13.0. The molecule has 2 heterocycles. The number of anilines is 1. The van der Waals surface area contributed by atoms with Gasteiger partial charge in [-0.3, -0.25) is 14.3 Å². The van der Waals surface area contributed by atoms with Crippen LogP contribution in [-0.4, -0.2) is 21.6 Å². The van der Waals surface area contributed by atoms with Crippen LogP contribution < -0.4 is 5.32 Å². The second-order valence-corrected chi connectivity index (χ2v) is 7.49. The molecule has 1 aliphatic carbocycles. The molecule has 0 radical (unpaired) electrons. The van der Waals surface area contributed by atoms with Crippen molar-refractivity contribution >= 4 is 23.2 Å². The van der Waals surface area contributed by atoms with Crippen molar-refractivity contribution < 1.29 is 9.59 Å². The van der Waals surface area contributed by atoms with Crippen molar-refractivity contribution in [1.82, 2.24) is 9.78 Å². The molecule has 0 fully saturated rings. The largest absolute Gasteiger partial charge is 0.322 e. The number of aromatic nitrogens is 2. The number of carbonyl (C=O) groups is 2. The summed E-state index contributed by atoms with van der Waals surface area (Å²) >= 11 is 0. The fourth-order valence-electron chi connectivity index (χ4n) is 3.88. The number of nitrogens with zero attached hydrogens (tertiary/aromatic N) is 4. The predicted octanol–water partition coefficient (Wildman–Crippen LogP) is 4.79. The van der Waals surface area contributed by atoms with Crippen LogP contribution in [0.2, 0.25) is 0 Å². The summed E-state index contributed by atoms with van der Waals surface area (Å²) in [6.45, 7) is 0. The van der Waals surface area contributed by atoms with Crippen molar-refractivity contribution in [1.29, 1.82) is 0 Å². The van der Waals surface area contributed by atoms with E-state index in [0.717, 1.165) is 22.4 Å². The molecule has 32 heavy (non-hydrogen) atoms. The lowest BCUT2D eigenvalue weighted by atomic mass is 9.89. The van der Waals surface area contributed by atoms with Gasteiger partial charge >= 0.3 is 0 Å². The van der Waals surface area contributed by atoms with E-state index in [9.17, 15) is 9.59 Å². The molecule has 0 bridgehead atoms. The quantitative estimate of drug-likeness (QED) is 0.657. The van der Waals surface area contributed by atoms with Gasteiger partial charge in [-0.15, -0.1) is 10.2 Å². The van der Waals surface area contributed by atoms with Crippen LogP contribution in [0.25, 0.3) is 17.0 Å². The third-order valence-corrected chi connectivity index (χ3v) is 5.46. The number of fused-ring (bicyclic) bond motifs is 1. The van der Waals surface area contributed by atoms with Gasteiger partial charge < -0.3 is 5.32 Å². The normalized spacial score (nSPS) is 16.9. The summed E-state index contributed by atoms with van der Waals surface area (Å²) in [5.41, 5.74) is 5.12. The molecule has 3 aromatic rings. The number of hydrogen-bond donors (Lipinski definition) is 1. The second-order valence-electron chi connectivity index (χ2n) is 7.49. The molecule has 1 aliphatic heterocycles. The first-order valence-corrected chi connectivity index (χ1v) is 10.2. The molecule has 156 valence electrons. The van der Waals surface area contributed by atoms with Crippen LogP contribution in [0.3, 0.4) is 0 Å². The standard InChI is InChI=1S/C25H19N5O2/c1-30-23(17-7-3-2-4-8-17)21(15-26-30)24(31)27-18-13-11-16(12-14-18)22-19-9-5-6-10-20(19)25(32)29-28-22/h2-15,20H,1H3,(H,27,31). The highest BCUT2D eigenvalue weighted by atomic mass is 16.2. The number of allylic oxidation sites excluding steroid dienone is 3. The first kappa shape index (κ1) is 19.6. The maximum Gasteiger partial charge on any atom is 0.276 e. The predicted molar refractivity (Wildman–Crippen MR) is 122 cm³/mol. The fraction of sp³-hybridized carbons (Fsp3) is 0.0800. The zero-order valence-corrected chi connectivity index (χ0v) is 17.3. The van der Waals surface area contributed by atoms with Gasteiger partial charge in [0.25, 0.3) is 11.8 Å². The smallest absolute Gasteiger partial charge is 0.276 e. The van der Waals surface area contributed by atoms with E-state index < -0.39 is 5.92 Å². The molecule has 2 aliphatic rings. The Balaban J connectivity index is 1.39. The van der Waals surface area contributed by atoms with Crippen molar-refractivity contribution in [3.8, 4) is 11.3 Å². The number of benzene rings is 2. The summed E-state index contributed by atoms with van der Waals surface area (Å²) in [4.78, 5) is 25.0.